The van der Waals surface area contributed by atoms with E-state index in [-0.39, 0.29) is 12.1 Å². The summed E-state index contributed by atoms with van der Waals surface area (Å²) >= 11 is 0. The van der Waals surface area contributed by atoms with Crippen LogP contribution in [0.1, 0.15) is 36.3 Å². The van der Waals surface area contributed by atoms with E-state index < -0.39 is 0 Å². The molecule has 1 aromatic carbocycles. The monoisotopic (exact) mass is 256 g/mol. The molecule has 2 aliphatic heterocycles. The molecule has 98 valence electrons. The van der Waals surface area contributed by atoms with E-state index >= 15 is 0 Å². The van der Waals surface area contributed by atoms with E-state index in [4.69, 9.17) is 4.74 Å². The van der Waals surface area contributed by atoms with E-state index in [1.165, 1.54) is 5.56 Å². The van der Waals surface area contributed by atoms with Gasteiger partial charge in [0.1, 0.15) is 11.6 Å². The van der Waals surface area contributed by atoms with Gasteiger partial charge in [0, 0.05) is 19.5 Å². The molecule has 0 spiro atoms. The number of ether oxygens (including phenoxy) is 1. The Labute approximate surface area is 111 Å². The van der Waals surface area contributed by atoms with Crippen LogP contribution in [0.25, 0.3) is 0 Å². The first-order chi connectivity index (χ1) is 9.33. The summed E-state index contributed by atoms with van der Waals surface area (Å²) in [6.45, 7) is 3.99. The molecule has 5 nitrogen and oxygen atoms in total. The van der Waals surface area contributed by atoms with Crippen LogP contribution in [0, 0.1) is 0 Å². The van der Waals surface area contributed by atoms with Gasteiger partial charge < -0.3 is 14.6 Å². The Morgan fingerprint density at radius 2 is 2.11 bits per heavy atom. The smallest absolute Gasteiger partial charge is 0.174 e. The zero-order valence-corrected chi connectivity index (χ0v) is 10.8. The van der Waals surface area contributed by atoms with Gasteiger partial charge in [-0.25, -0.2) is 0 Å². The normalized spacial score (nSPS) is 24.7. The molecule has 0 fully saturated rings. The number of hydrogen-bond donors (Lipinski definition) is 1. The molecule has 1 aromatic heterocycles. The lowest BCUT2D eigenvalue weighted by Gasteiger charge is -2.23. The Morgan fingerprint density at radius 3 is 3.00 bits per heavy atom. The van der Waals surface area contributed by atoms with Gasteiger partial charge in [-0.1, -0.05) is 18.2 Å². The fourth-order valence-corrected chi connectivity index (χ4v) is 2.93. The summed E-state index contributed by atoms with van der Waals surface area (Å²) in [7, 11) is 0. The van der Waals surface area contributed by atoms with Crippen molar-refractivity contribution in [2.24, 2.45) is 0 Å². The van der Waals surface area contributed by atoms with Crippen LogP contribution in [-0.4, -0.2) is 21.3 Å². The number of hydrogen-bond acceptors (Lipinski definition) is 4. The van der Waals surface area contributed by atoms with Crippen LogP contribution in [-0.2, 0) is 13.0 Å². The van der Waals surface area contributed by atoms with Gasteiger partial charge in [-0.05, 0) is 18.6 Å². The van der Waals surface area contributed by atoms with Crippen molar-refractivity contribution in [2.75, 3.05) is 6.54 Å². The van der Waals surface area contributed by atoms with E-state index in [1.807, 2.05) is 12.1 Å². The molecule has 0 radical (unpaired) electrons. The Kier molecular flexibility index (Phi) is 2.35. The number of nitrogens with one attached hydrogen (secondary N) is 1. The lowest BCUT2D eigenvalue weighted by Crippen LogP contribution is -2.33. The van der Waals surface area contributed by atoms with Gasteiger partial charge in [0.15, 0.2) is 11.9 Å². The van der Waals surface area contributed by atoms with Crippen molar-refractivity contribution in [1.82, 2.24) is 20.1 Å². The van der Waals surface area contributed by atoms with Crippen molar-refractivity contribution in [3.63, 3.8) is 0 Å². The second kappa shape index (κ2) is 4.06. The largest absolute Gasteiger partial charge is 0.482 e. The maximum atomic E-state index is 6.01. The minimum absolute atomic E-state index is 0.00366. The lowest BCUT2D eigenvalue weighted by molar-refractivity contribution is 0.218. The molecule has 0 amide bonds. The molecule has 2 aliphatic rings. The summed E-state index contributed by atoms with van der Waals surface area (Å²) in [4.78, 5) is 0. The van der Waals surface area contributed by atoms with Crippen LogP contribution < -0.4 is 10.1 Å². The summed E-state index contributed by atoms with van der Waals surface area (Å²) in [5.74, 6) is 2.95. The van der Waals surface area contributed by atoms with Gasteiger partial charge in [-0.15, -0.1) is 10.2 Å². The molecule has 2 aromatic rings. The maximum Gasteiger partial charge on any atom is 0.174 e. The van der Waals surface area contributed by atoms with Gasteiger partial charge in [0.2, 0.25) is 0 Å². The first kappa shape index (κ1) is 11.0. The van der Waals surface area contributed by atoms with Crippen molar-refractivity contribution >= 4 is 0 Å². The third-order valence-electron chi connectivity index (χ3n) is 3.92. The molecule has 4 rings (SSSR count). The molecule has 1 N–H and O–H groups in total. The summed E-state index contributed by atoms with van der Waals surface area (Å²) in [6, 6.07) is 8.46. The zero-order chi connectivity index (χ0) is 12.8. The SMILES string of the molecule is CC1NCCn2c1nnc2C1Cc2ccccc2O1. The molecule has 0 aliphatic carbocycles. The molecule has 0 saturated carbocycles. The lowest BCUT2D eigenvalue weighted by atomic mass is 10.1. The van der Waals surface area contributed by atoms with Crippen LogP contribution in [0.2, 0.25) is 0 Å². The van der Waals surface area contributed by atoms with Crippen LogP contribution in [0.15, 0.2) is 24.3 Å². The fourth-order valence-electron chi connectivity index (χ4n) is 2.93. The van der Waals surface area contributed by atoms with E-state index in [9.17, 15) is 0 Å². The number of rotatable bonds is 1. The predicted octanol–water partition coefficient (Wildman–Crippen LogP) is 1.62. The number of aromatic nitrogens is 3. The standard InChI is InChI=1S/C14H16N4O/c1-9-13-16-17-14(18(13)7-6-15-9)12-8-10-4-2-3-5-11(10)19-12/h2-5,9,12,15H,6-8H2,1H3. The summed E-state index contributed by atoms with van der Waals surface area (Å²) in [5, 5.41) is 12.1. The van der Waals surface area contributed by atoms with Crippen LogP contribution in [0.3, 0.4) is 0 Å². The number of fused-ring (bicyclic) bond motifs is 2. The Morgan fingerprint density at radius 1 is 1.26 bits per heavy atom. The van der Waals surface area contributed by atoms with Gasteiger partial charge in [0.25, 0.3) is 0 Å². The minimum atomic E-state index is 0.00366. The van der Waals surface area contributed by atoms with Crippen molar-refractivity contribution in [2.45, 2.75) is 32.0 Å². The third kappa shape index (κ3) is 1.65. The number of benzene rings is 1. The molecule has 19 heavy (non-hydrogen) atoms. The highest BCUT2D eigenvalue weighted by Gasteiger charge is 2.31. The molecule has 2 unspecified atom stereocenters. The van der Waals surface area contributed by atoms with Gasteiger partial charge >= 0.3 is 0 Å². The Balaban J connectivity index is 1.69. The summed E-state index contributed by atoms with van der Waals surface area (Å²) in [6.07, 6.45) is 0.889. The predicted molar refractivity (Wildman–Crippen MR) is 70.0 cm³/mol. The van der Waals surface area contributed by atoms with Crippen molar-refractivity contribution in [3.8, 4) is 5.75 Å². The highest BCUT2D eigenvalue weighted by atomic mass is 16.5. The van der Waals surface area contributed by atoms with Gasteiger partial charge in [-0.3, -0.25) is 0 Å². The average Bonchev–Trinajstić information content (AvgIpc) is 3.02. The van der Waals surface area contributed by atoms with E-state index in [2.05, 4.69) is 39.1 Å². The first-order valence-corrected chi connectivity index (χ1v) is 6.74. The molecule has 2 atom stereocenters. The van der Waals surface area contributed by atoms with Gasteiger partial charge in [-0.2, -0.15) is 0 Å². The van der Waals surface area contributed by atoms with Gasteiger partial charge in [0.05, 0.1) is 6.04 Å². The summed E-state index contributed by atoms with van der Waals surface area (Å²) < 4.78 is 8.21. The molecule has 0 bridgehead atoms. The fraction of sp³-hybridized carbons (Fsp3) is 0.429. The average molecular weight is 256 g/mol. The van der Waals surface area contributed by atoms with E-state index in [1.54, 1.807) is 0 Å². The molecular formula is C14H16N4O. The summed E-state index contributed by atoms with van der Waals surface area (Å²) in [5.41, 5.74) is 1.26. The zero-order valence-electron chi connectivity index (χ0n) is 10.8. The highest BCUT2D eigenvalue weighted by Crippen LogP contribution is 2.36. The number of para-hydroxylation sites is 1. The van der Waals surface area contributed by atoms with E-state index in [0.29, 0.717) is 0 Å². The van der Waals surface area contributed by atoms with Crippen LogP contribution >= 0.6 is 0 Å². The maximum absolute atomic E-state index is 6.01. The molecule has 3 heterocycles. The van der Waals surface area contributed by atoms with Crippen LogP contribution in [0.5, 0.6) is 5.75 Å². The molecular weight excluding hydrogens is 240 g/mol. The topological polar surface area (TPSA) is 52.0 Å². The second-order valence-electron chi connectivity index (χ2n) is 5.16. The minimum Gasteiger partial charge on any atom is -0.482 e. The van der Waals surface area contributed by atoms with Crippen LogP contribution in [0.4, 0.5) is 0 Å². The third-order valence-corrected chi connectivity index (χ3v) is 3.92. The molecule has 0 saturated heterocycles. The van der Waals surface area contributed by atoms with E-state index in [0.717, 1.165) is 36.9 Å². The Bertz CT molecular complexity index is 597. The molecule has 5 heteroatoms. The Hall–Kier alpha value is -1.88. The highest BCUT2D eigenvalue weighted by molar-refractivity contribution is 5.38. The second-order valence-corrected chi connectivity index (χ2v) is 5.16. The van der Waals surface area contributed by atoms with Crippen molar-refractivity contribution < 1.29 is 4.74 Å². The van der Waals surface area contributed by atoms with Crippen molar-refractivity contribution in [1.29, 1.82) is 0 Å². The van der Waals surface area contributed by atoms with Crippen molar-refractivity contribution in [3.05, 3.63) is 41.5 Å². The quantitative estimate of drug-likeness (QED) is 0.842. The first-order valence-electron chi connectivity index (χ1n) is 6.74. The number of nitrogens with zero attached hydrogens (tertiary/aromatic N) is 3.